The highest BCUT2D eigenvalue weighted by Gasteiger charge is 2.29. The minimum absolute atomic E-state index is 0.146. The SMILES string of the molecule is COc1ccc(OC)c(/C=C2/Oc3cc(OC(=O)N4CCOCC4)ccc3C2=O)c1. The molecule has 1 amide bonds. The van der Waals surface area contributed by atoms with Crippen LogP contribution in [0.3, 0.4) is 0 Å². The molecular weight excluding hydrogens is 390 g/mol. The van der Waals surface area contributed by atoms with Gasteiger partial charge in [0.15, 0.2) is 5.76 Å². The van der Waals surface area contributed by atoms with E-state index in [0.29, 0.717) is 60.4 Å². The highest BCUT2D eigenvalue weighted by Crippen LogP contribution is 2.36. The maximum atomic E-state index is 12.7. The van der Waals surface area contributed by atoms with Crippen LogP contribution >= 0.6 is 0 Å². The molecule has 0 aliphatic carbocycles. The van der Waals surface area contributed by atoms with E-state index in [4.69, 9.17) is 23.7 Å². The fourth-order valence-electron chi connectivity index (χ4n) is 3.24. The molecule has 2 aliphatic rings. The first-order valence-corrected chi connectivity index (χ1v) is 9.44. The Hall–Kier alpha value is -3.52. The van der Waals surface area contributed by atoms with E-state index in [9.17, 15) is 9.59 Å². The summed E-state index contributed by atoms with van der Waals surface area (Å²) in [5.74, 6) is 1.73. The van der Waals surface area contributed by atoms with Crippen LogP contribution in [0.1, 0.15) is 15.9 Å². The van der Waals surface area contributed by atoms with Crippen molar-refractivity contribution in [3.8, 4) is 23.0 Å². The molecule has 0 N–H and O–H groups in total. The highest BCUT2D eigenvalue weighted by atomic mass is 16.6. The van der Waals surface area contributed by atoms with Crippen LogP contribution < -0.4 is 18.9 Å². The molecule has 2 aliphatic heterocycles. The summed E-state index contributed by atoms with van der Waals surface area (Å²) < 4.78 is 27.0. The number of nitrogens with zero attached hydrogens (tertiary/aromatic N) is 1. The van der Waals surface area contributed by atoms with Gasteiger partial charge in [-0.1, -0.05) is 0 Å². The predicted molar refractivity (Wildman–Crippen MR) is 107 cm³/mol. The van der Waals surface area contributed by atoms with E-state index in [1.165, 1.54) is 6.07 Å². The van der Waals surface area contributed by atoms with Gasteiger partial charge in [-0.3, -0.25) is 4.79 Å². The number of hydrogen-bond acceptors (Lipinski definition) is 7. The Morgan fingerprint density at radius 3 is 2.53 bits per heavy atom. The second-order valence-electron chi connectivity index (χ2n) is 6.67. The van der Waals surface area contributed by atoms with E-state index >= 15 is 0 Å². The number of allylic oxidation sites excluding steroid dienone is 1. The molecule has 8 heteroatoms. The topological polar surface area (TPSA) is 83.5 Å². The number of rotatable bonds is 4. The molecule has 2 aromatic carbocycles. The lowest BCUT2D eigenvalue weighted by Gasteiger charge is -2.25. The van der Waals surface area contributed by atoms with Gasteiger partial charge in [-0.25, -0.2) is 4.79 Å². The Balaban J connectivity index is 1.54. The summed E-state index contributed by atoms with van der Waals surface area (Å²) in [4.78, 5) is 26.6. The molecule has 156 valence electrons. The van der Waals surface area contributed by atoms with Crippen LogP contribution in [0.25, 0.3) is 6.08 Å². The van der Waals surface area contributed by atoms with Crippen molar-refractivity contribution in [2.24, 2.45) is 0 Å². The summed E-state index contributed by atoms with van der Waals surface area (Å²) in [5, 5.41) is 0. The summed E-state index contributed by atoms with van der Waals surface area (Å²) in [6.07, 6.45) is 1.14. The third kappa shape index (κ3) is 3.95. The number of benzene rings is 2. The maximum Gasteiger partial charge on any atom is 0.415 e. The molecule has 0 saturated carbocycles. The van der Waals surface area contributed by atoms with Gasteiger partial charge >= 0.3 is 6.09 Å². The van der Waals surface area contributed by atoms with Crippen molar-refractivity contribution in [1.82, 2.24) is 4.90 Å². The molecule has 2 aromatic rings. The van der Waals surface area contributed by atoms with Gasteiger partial charge in [-0.2, -0.15) is 0 Å². The minimum atomic E-state index is -0.459. The molecule has 30 heavy (non-hydrogen) atoms. The number of hydrogen-bond donors (Lipinski definition) is 0. The fraction of sp³-hybridized carbons (Fsp3) is 0.273. The first-order chi connectivity index (χ1) is 14.6. The van der Waals surface area contributed by atoms with Gasteiger partial charge in [0, 0.05) is 24.7 Å². The van der Waals surface area contributed by atoms with Gasteiger partial charge in [0.1, 0.15) is 23.0 Å². The van der Waals surface area contributed by atoms with E-state index < -0.39 is 6.09 Å². The molecule has 2 heterocycles. The normalized spacial score (nSPS) is 16.8. The Labute approximate surface area is 173 Å². The zero-order valence-electron chi connectivity index (χ0n) is 16.7. The first-order valence-electron chi connectivity index (χ1n) is 9.44. The second-order valence-corrected chi connectivity index (χ2v) is 6.67. The molecule has 0 unspecified atom stereocenters. The van der Waals surface area contributed by atoms with Crippen LogP contribution in [-0.4, -0.2) is 57.3 Å². The average molecular weight is 411 g/mol. The van der Waals surface area contributed by atoms with Crippen LogP contribution in [-0.2, 0) is 4.74 Å². The molecule has 4 rings (SSSR count). The van der Waals surface area contributed by atoms with E-state index in [0.717, 1.165) is 0 Å². The van der Waals surface area contributed by atoms with Gasteiger partial charge in [0.25, 0.3) is 0 Å². The molecule has 0 aromatic heterocycles. The molecular formula is C22H21NO7. The van der Waals surface area contributed by atoms with Gasteiger partial charge in [-0.05, 0) is 36.4 Å². The third-order valence-electron chi connectivity index (χ3n) is 4.84. The lowest BCUT2D eigenvalue weighted by Crippen LogP contribution is -2.42. The number of ketones is 1. The van der Waals surface area contributed by atoms with Crippen molar-refractivity contribution in [3.63, 3.8) is 0 Å². The Kier molecular flexibility index (Phi) is 5.58. The van der Waals surface area contributed by atoms with Crippen molar-refractivity contribution in [1.29, 1.82) is 0 Å². The molecule has 0 bridgehead atoms. The fourth-order valence-corrected chi connectivity index (χ4v) is 3.24. The number of methoxy groups -OCH3 is 2. The average Bonchev–Trinajstić information content (AvgIpc) is 3.08. The quantitative estimate of drug-likeness (QED) is 0.715. The van der Waals surface area contributed by atoms with E-state index in [1.54, 1.807) is 55.5 Å². The monoisotopic (exact) mass is 411 g/mol. The summed E-state index contributed by atoms with van der Waals surface area (Å²) in [5.41, 5.74) is 1.04. The summed E-state index contributed by atoms with van der Waals surface area (Å²) >= 11 is 0. The number of Topliss-reactive ketones (excluding diaryl/α,β-unsaturated/α-hetero) is 1. The molecule has 8 nitrogen and oxygen atoms in total. The standard InChI is InChI=1S/C22H21NO7/c1-26-15-4-6-18(27-2)14(11-15)12-20-21(24)17-5-3-16(13-19(17)30-20)29-22(25)23-7-9-28-10-8-23/h3-6,11-13H,7-10H2,1-2H3/b20-12+. The minimum Gasteiger partial charge on any atom is -0.497 e. The van der Waals surface area contributed by atoms with Gasteiger partial charge in [0.2, 0.25) is 5.78 Å². The highest BCUT2D eigenvalue weighted by molar-refractivity contribution is 6.14. The number of amides is 1. The first kappa shape index (κ1) is 19.8. The van der Waals surface area contributed by atoms with Crippen molar-refractivity contribution >= 4 is 18.0 Å². The number of morpholine rings is 1. The van der Waals surface area contributed by atoms with E-state index in [-0.39, 0.29) is 11.5 Å². The molecule has 1 saturated heterocycles. The van der Waals surface area contributed by atoms with Crippen molar-refractivity contribution < 1.29 is 33.3 Å². The van der Waals surface area contributed by atoms with Gasteiger partial charge in [-0.15, -0.1) is 0 Å². The van der Waals surface area contributed by atoms with Gasteiger partial charge < -0.3 is 28.6 Å². The molecule has 0 radical (unpaired) electrons. The van der Waals surface area contributed by atoms with Crippen LogP contribution in [0.5, 0.6) is 23.0 Å². The van der Waals surface area contributed by atoms with Crippen LogP contribution in [0, 0.1) is 0 Å². The van der Waals surface area contributed by atoms with Crippen molar-refractivity contribution in [3.05, 3.63) is 53.3 Å². The Bertz CT molecular complexity index is 1010. The van der Waals surface area contributed by atoms with Gasteiger partial charge in [0.05, 0.1) is 33.0 Å². The smallest absolute Gasteiger partial charge is 0.415 e. The molecule has 0 spiro atoms. The van der Waals surface area contributed by atoms with E-state index in [2.05, 4.69) is 0 Å². The largest absolute Gasteiger partial charge is 0.497 e. The van der Waals surface area contributed by atoms with Crippen LogP contribution in [0.4, 0.5) is 4.79 Å². The lowest BCUT2D eigenvalue weighted by molar-refractivity contribution is 0.0416. The van der Waals surface area contributed by atoms with Crippen molar-refractivity contribution in [2.45, 2.75) is 0 Å². The lowest BCUT2D eigenvalue weighted by atomic mass is 10.1. The number of ether oxygens (including phenoxy) is 5. The zero-order chi connectivity index (χ0) is 21.1. The van der Waals surface area contributed by atoms with Crippen molar-refractivity contribution in [2.75, 3.05) is 40.5 Å². The Morgan fingerprint density at radius 2 is 1.80 bits per heavy atom. The maximum absolute atomic E-state index is 12.7. The predicted octanol–water partition coefficient (Wildman–Crippen LogP) is 3.15. The summed E-state index contributed by atoms with van der Waals surface area (Å²) in [6.45, 7) is 1.93. The number of fused-ring (bicyclic) bond motifs is 1. The zero-order valence-corrected chi connectivity index (χ0v) is 16.7. The summed E-state index contributed by atoms with van der Waals surface area (Å²) in [6, 6.07) is 9.97. The molecule has 1 fully saturated rings. The second kappa shape index (κ2) is 8.46. The van der Waals surface area contributed by atoms with Crippen LogP contribution in [0.2, 0.25) is 0 Å². The number of carbonyl (C=O) groups is 2. The Morgan fingerprint density at radius 1 is 1.03 bits per heavy atom. The van der Waals surface area contributed by atoms with Crippen LogP contribution in [0.15, 0.2) is 42.2 Å². The number of carbonyl (C=O) groups excluding carboxylic acids is 2. The third-order valence-corrected chi connectivity index (χ3v) is 4.84. The summed E-state index contributed by atoms with van der Waals surface area (Å²) in [7, 11) is 3.11. The molecule has 0 atom stereocenters. The van der Waals surface area contributed by atoms with E-state index in [1.807, 2.05) is 0 Å².